The van der Waals surface area contributed by atoms with E-state index in [1.165, 1.54) is 17.8 Å². The third kappa shape index (κ3) is 2.91. The van der Waals surface area contributed by atoms with Gasteiger partial charge in [0, 0.05) is 17.3 Å². The second kappa shape index (κ2) is 6.77. The standard InChI is InChI=1S/C19H27NO3S/c21-18(23-16-13-20-10-8-14(16)9-11-20)19(22,17-7-4-12-24-17)15-5-2-1-3-6-15/h4,7,12,14-16,22H,1-3,5-6,8-11,13H2. The molecule has 1 N–H and O–H groups in total. The van der Waals surface area contributed by atoms with Crippen LogP contribution in [0.1, 0.15) is 49.8 Å². The van der Waals surface area contributed by atoms with Gasteiger partial charge >= 0.3 is 5.97 Å². The topological polar surface area (TPSA) is 49.8 Å². The lowest BCUT2D eigenvalue weighted by Crippen LogP contribution is -2.54. The zero-order chi connectivity index (χ0) is 16.6. The SMILES string of the molecule is O=C(OC1CN2CCC1CC2)C(O)(c1cccs1)C1CCCCC1. The van der Waals surface area contributed by atoms with E-state index in [9.17, 15) is 9.90 Å². The minimum Gasteiger partial charge on any atom is -0.458 e. The number of hydrogen-bond acceptors (Lipinski definition) is 5. The fourth-order valence-electron chi connectivity index (χ4n) is 4.76. The van der Waals surface area contributed by atoms with Crippen molar-refractivity contribution in [1.82, 2.24) is 4.90 Å². The van der Waals surface area contributed by atoms with E-state index in [0.717, 1.165) is 63.0 Å². The van der Waals surface area contributed by atoms with Gasteiger partial charge in [0.05, 0.1) is 0 Å². The predicted octanol–water partition coefficient (Wildman–Crippen LogP) is 3.15. The summed E-state index contributed by atoms with van der Waals surface area (Å²) in [7, 11) is 0. The first-order valence-corrected chi connectivity index (χ1v) is 10.3. The Morgan fingerprint density at radius 3 is 2.54 bits per heavy atom. The molecule has 0 aromatic carbocycles. The van der Waals surface area contributed by atoms with Crippen LogP contribution < -0.4 is 0 Å². The molecule has 1 saturated carbocycles. The Morgan fingerprint density at radius 2 is 1.96 bits per heavy atom. The monoisotopic (exact) mass is 349 g/mol. The molecule has 0 spiro atoms. The highest BCUT2D eigenvalue weighted by Crippen LogP contribution is 2.43. The number of rotatable bonds is 4. The van der Waals surface area contributed by atoms with Crippen molar-refractivity contribution in [3.05, 3.63) is 22.4 Å². The van der Waals surface area contributed by atoms with Gasteiger partial charge in [-0.15, -0.1) is 11.3 Å². The summed E-state index contributed by atoms with van der Waals surface area (Å²) in [5.74, 6) is 0.0481. The van der Waals surface area contributed by atoms with Crippen molar-refractivity contribution in [2.24, 2.45) is 11.8 Å². The summed E-state index contributed by atoms with van der Waals surface area (Å²) in [6, 6.07) is 3.80. The number of ether oxygens (including phenoxy) is 1. The van der Waals surface area contributed by atoms with Gasteiger partial charge in [-0.1, -0.05) is 25.3 Å². The summed E-state index contributed by atoms with van der Waals surface area (Å²) in [6.07, 6.45) is 7.36. The van der Waals surface area contributed by atoms with Crippen molar-refractivity contribution in [2.45, 2.75) is 56.7 Å². The average molecular weight is 349 g/mol. The van der Waals surface area contributed by atoms with Crippen LogP contribution in [0, 0.1) is 11.8 Å². The summed E-state index contributed by atoms with van der Waals surface area (Å²) in [5, 5.41) is 13.4. The highest BCUT2D eigenvalue weighted by molar-refractivity contribution is 7.10. The Bertz CT molecular complexity index is 561. The molecule has 1 aromatic heterocycles. The molecule has 0 radical (unpaired) electrons. The molecule has 2 unspecified atom stereocenters. The molecule has 132 valence electrons. The third-order valence-corrected chi connectivity index (χ3v) is 7.25. The molecular weight excluding hydrogens is 322 g/mol. The van der Waals surface area contributed by atoms with Crippen molar-refractivity contribution >= 4 is 17.3 Å². The Balaban J connectivity index is 1.55. The molecule has 2 atom stereocenters. The molecule has 0 amide bonds. The Labute approximate surface area is 147 Å². The van der Waals surface area contributed by atoms with Crippen LogP contribution in [0.4, 0.5) is 0 Å². The van der Waals surface area contributed by atoms with E-state index >= 15 is 0 Å². The quantitative estimate of drug-likeness (QED) is 0.849. The molecule has 4 nitrogen and oxygen atoms in total. The maximum atomic E-state index is 13.1. The van der Waals surface area contributed by atoms with Crippen molar-refractivity contribution in [2.75, 3.05) is 19.6 Å². The van der Waals surface area contributed by atoms with Gasteiger partial charge < -0.3 is 9.84 Å². The van der Waals surface area contributed by atoms with Gasteiger partial charge in [0.1, 0.15) is 6.10 Å². The maximum absolute atomic E-state index is 13.1. The van der Waals surface area contributed by atoms with Crippen LogP contribution in [0.15, 0.2) is 17.5 Å². The van der Waals surface area contributed by atoms with E-state index in [1.807, 2.05) is 17.5 Å². The van der Waals surface area contributed by atoms with Crippen molar-refractivity contribution < 1.29 is 14.6 Å². The van der Waals surface area contributed by atoms with E-state index in [2.05, 4.69) is 4.90 Å². The number of esters is 1. The third-order valence-electron chi connectivity index (χ3n) is 6.26. The van der Waals surface area contributed by atoms with Gasteiger partial charge in [-0.05, 0) is 56.1 Å². The molecule has 4 fully saturated rings. The fourth-order valence-corrected chi connectivity index (χ4v) is 5.65. The second-order valence-corrected chi connectivity index (χ2v) is 8.61. The Morgan fingerprint density at radius 1 is 1.21 bits per heavy atom. The molecule has 5 heteroatoms. The molecule has 5 rings (SSSR count). The maximum Gasteiger partial charge on any atom is 0.344 e. The average Bonchev–Trinajstić information content (AvgIpc) is 3.18. The summed E-state index contributed by atoms with van der Waals surface area (Å²) in [5.41, 5.74) is -1.46. The largest absolute Gasteiger partial charge is 0.458 e. The molecule has 2 bridgehead atoms. The number of nitrogens with zero attached hydrogens (tertiary/aromatic N) is 1. The number of hydrogen-bond donors (Lipinski definition) is 1. The van der Waals surface area contributed by atoms with Crippen LogP contribution in [0.25, 0.3) is 0 Å². The predicted molar refractivity (Wildman–Crippen MR) is 93.8 cm³/mol. The minimum atomic E-state index is -1.46. The lowest BCUT2D eigenvalue weighted by Gasteiger charge is -2.45. The number of carbonyl (C=O) groups is 1. The molecular formula is C19H27NO3S. The smallest absolute Gasteiger partial charge is 0.344 e. The zero-order valence-electron chi connectivity index (χ0n) is 14.2. The van der Waals surface area contributed by atoms with E-state index in [1.54, 1.807) is 0 Å². The first-order valence-electron chi connectivity index (χ1n) is 9.37. The van der Waals surface area contributed by atoms with E-state index < -0.39 is 11.6 Å². The van der Waals surface area contributed by atoms with Crippen molar-refractivity contribution in [3.8, 4) is 0 Å². The van der Waals surface area contributed by atoms with Gasteiger partial charge in [-0.25, -0.2) is 4.79 Å². The number of carbonyl (C=O) groups excluding carboxylic acids is 1. The molecule has 24 heavy (non-hydrogen) atoms. The van der Waals surface area contributed by atoms with Gasteiger partial charge in [0.2, 0.25) is 0 Å². The van der Waals surface area contributed by atoms with Crippen LogP contribution in [0.2, 0.25) is 0 Å². The van der Waals surface area contributed by atoms with Gasteiger partial charge in [0.15, 0.2) is 5.60 Å². The fraction of sp³-hybridized carbons (Fsp3) is 0.737. The van der Waals surface area contributed by atoms with Crippen LogP contribution in [0.5, 0.6) is 0 Å². The Kier molecular flexibility index (Phi) is 4.67. The normalized spacial score (nSPS) is 33.1. The molecule has 1 aromatic rings. The first-order chi connectivity index (χ1) is 11.7. The minimum absolute atomic E-state index is 0.0153. The zero-order valence-corrected chi connectivity index (χ0v) is 15.0. The lowest BCUT2D eigenvalue weighted by atomic mass is 9.76. The van der Waals surface area contributed by atoms with E-state index in [-0.39, 0.29) is 12.0 Å². The second-order valence-electron chi connectivity index (χ2n) is 7.66. The summed E-state index contributed by atoms with van der Waals surface area (Å²) in [4.78, 5) is 16.3. The van der Waals surface area contributed by atoms with E-state index in [4.69, 9.17) is 4.74 Å². The Hall–Kier alpha value is -0.910. The van der Waals surface area contributed by atoms with Crippen LogP contribution in [0.3, 0.4) is 0 Å². The first kappa shape index (κ1) is 16.6. The van der Waals surface area contributed by atoms with Crippen molar-refractivity contribution in [3.63, 3.8) is 0 Å². The van der Waals surface area contributed by atoms with Gasteiger partial charge in [-0.3, -0.25) is 4.90 Å². The van der Waals surface area contributed by atoms with Crippen LogP contribution >= 0.6 is 11.3 Å². The highest BCUT2D eigenvalue weighted by atomic mass is 32.1. The van der Waals surface area contributed by atoms with Crippen LogP contribution in [-0.4, -0.2) is 41.7 Å². The summed E-state index contributed by atoms with van der Waals surface area (Å²) < 4.78 is 5.94. The van der Waals surface area contributed by atoms with Crippen molar-refractivity contribution in [1.29, 1.82) is 0 Å². The summed E-state index contributed by atoms with van der Waals surface area (Å²) in [6.45, 7) is 3.08. The highest BCUT2D eigenvalue weighted by Gasteiger charge is 2.49. The lowest BCUT2D eigenvalue weighted by molar-refractivity contribution is -0.189. The molecule has 4 heterocycles. The van der Waals surface area contributed by atoms with Gasteiger partial charge in [0.25, 0.3) is 0 Å². The molecule has 1 aliphatic carbocycles. The van der Waals surface area contributed by atoms with Gasteiger partial charge in [-0.2, -0.15) is 0 Å². The van der Waals surface area contributed by atoms with Crippen LogP contribution in [-0.2, 0) is 15.1 Å². The number of aliphatic hydroxyl groups is 1. The molecule has 3 aliphatic heterocycles. The molecule has 4 aliphatic rings. The number of fused-ring (bicyclic) bond motifs is 3. The number of piperidine rings is 3. The van der Waals surface area contributed by atoms with E-state index in [0.29, 0.717) is 5.92 Å². The summed E-state index contributed by atoms with van der Waals surface area (Å²) >= 11 is 1.47. The number of thiophene rings is 1. The molecule has 3 saturated heterocycles.